The number of likely N-dealkylation sites (tertiary alicyclic amines) is 1. The van der Waals surface area contributed by atoms with Crippen molar-refractivity contribution in [2.45, 2.75) is 62.1 Å². The minimum atomic E-state index is -0.853. The molecular formula is C30H39N3O4S. The second-order valence-corrected chi connectivity index (χ2v) is 12.8. The van der Waals surface area contributed by atoms with Gasteiger partial charge in [-0.25, -0.2) is 0 Å². The van der Waals surface area contributed by atoms with E-state index in [2.05, 4.69) is 32.9 Å². The van der Waals surface area contributed by atoms with E-state index in [9.17, 15) is 19.5 Å². The number of unbranched alkanes of at least 4 members (excludes halogenated alkanes) is 1. The fourth-order valence-electron chi connectivity index (χ4n) is 6.73. The van der Waals surface area contributed by atoms with E-state index in [4.69, 9.17) is 0 Å². The molecule has 2 saturated heterocycles. The third kappa shape index (κ3) is 4.39. The van der Waals surface area contributed by atoms with Crippen molar-refractivity contribution in [3.05, 3.63) is 54.6 Å². The van der Waals surface area contributed by atoms with Gasteiger partial charge in [-0.3, -0.25) is 14.4 Å². The highest BCUT2D eigenvalue weighted by Gasteiger charge is 2.71. The fourth-order valence-corrected chi connectivity index (χ4v) is 8.72. The van der Waals surface area contributed by atoms with Crippen LogP contribution in [0.25, 0.3) is 0 Å². The molecule has 1 spiro atoms. The van der Waals surface area contributed by atoms with Crippen molar-refractivity contribution in [1.29, 1.82) is 0 Å². The lowest BCUT2D eigenvalue weighted by Crippen LogP contribution is -2.56. The first-order valence-corrected chi connectivity index (χ1v) is 14.8. The summed E-state index contributed by atoms with van der Waals surface area (Å²) in [6.45, 7) is 7.58. The molecule has 1 N–H and O–H groups in total. The predicted octanol–water partition coefficient (Wildman–Crippen LogP) is 3.49. The molecule has 1 unspecified atom stereocenters. The Balaban J connectivity index is 1.60. The summed E-state index contributed by atoms with van der Waals surface area (Å²) < 4.78 is -0.853. The molecule has 0 aromatic heterocycles. The summed E-state index contributed by atoms with van der Waals surface area (Å²) in [5.74, 6) is -1.34. The van der Waals surface area contributed by atoms with Crippen LogP contribution in [0.1, 0.15) is 40.0 Å². The average Bonchev–Trinajstić information content (AvgIpc) is 3.23. The number of aliphatic hydroxyl groups is 1. The zero-order chi connectivity index (χ0) is 27.0. The molecule has 8 heteroatoms. The Morgan fingerprint density at radius 3 is 2.50 bits per heavy atom. The van der Waals surface area contributed by atoms with Crippen molar-refractivity contribution in [3.8, 4) is 0 Å². The molecule has 38 heavy (non-hydrogen) atoms. The van der Waals surface area contributed by atoms with Crippen molar-refractivity contribution >= 4 is 35.2 Å². The average molecular weight is 538 g/mol. The van der Waals surface area contributed by atoms with Crippen LogP contribution in [0.2, 0.25) is 0 Å². The number of fused-ring (bicyclic) bond motifs is 2. The van der Waals surface area contributed by atoms with Crippen LogP contribution in [-0.4, -0.2) is 80.9 Å². The molecule has 0 saturated carbocycles. The van der Waals surface area contributed by atoms with Crippen LogP contribution in [0, 0.1) is 17.8 Å². The van der Waals surface area contributed by atoms with Crippen LogP contribution in [0.5, 0.6) is 0 Å². The zero-order valence-electron chi connectivity index (χ0n) is 22.5. The standard InChI is InChI=1S/C30H39N3O4S/c1-4-5-15-31-16-10-14-30-25(28(36)33(26(30)29(31)37)22(19-34)18-20(2)3)24-23(38-30)13-9-17-32(27(24)35)21-11-7-6-8-12-21/h6-14,20,22-26,34H,4-5,15-19H2,1-3H3/t22-,23+,24-,25+,26?,30+/m1/s1. The molecule has 1 aromatic carbocycles. The van der Waals surface area contributed by atoms with E-state index in [1.165, 1.54) is 0 Å². The van der Waals surface area contributed by atoms with Crippen molar-refractivity contribution < 1.29 is 19.5 Å². The Morgan fingerprint density at radius 2 is 1.82 bits per heavy atom. The summed E-state index contributed by atoms with van der Waals surface area (Å²) in [4.78, 5) is 48.2. The number of thioether (sulfide) groups is 1. The molecule has 4 heterocycles. The number of amides is 3. The van der Waals surface area contributed by atoms with E-state index in [1.807, 2.05) is 47.4 Å². The maximum atomic E-state index is 14.5. The van der Waals surface area contributed by atoms with Gasteiger partial charge in [0.05, 0.1) is 29.2 Å². The highest BCUT2D eigenvalue weighted by Crippen LogP contribution is 2.61. The van der Waals surface area contributed by atoms with Gasteiger partial charge in [-0.15, -0.1) is 11.8 Å². The molecule has 7 nitrogen and oxygen atoms in total. The maximum Gasteiger partial charge on any atom is 0.247 e. The Kier molecular flexibility index (Phi) is 7.74. The SMILES string of the molecule is CCCCN1CC=C[C@]23S[C@H]4C=CCN(c5ccccc5)C(=O)[C@H]4[C@H]2C(=O)N([C@@H](CO)CC(C)C)C3C1=O. The highest BCUT2D eigenvalue weighted by molar-refractivity contribution is 8.02. The zero-order valence-corrected chi connectivity index (χ0v) is 23.3. The molecule has 4 aliphatic rings. The monoisotopic (exact) mass is 537 g/mol. The van der Waals surface area contributed by atoms with Crippen LogP contribution in [0.4, 0.5) is 5.69 Å². The molecule has 0 aliphatic carbocycles. The quantitative estimate of drug-likeness (QED) is 0.514. The normalized spacial score (nSPS) is 31.4. The van der Waals surface area contributed by atoms with Gasteiger partial charge in [0.15, 0.2) is 0 Å². The maximum absolute atomic E-state index is 14.5. The van der Waals surface area contributed by atoms with E-state index in [1.54, 1.807) is 21.6 Å². The molecule has 4 aliphatic heterocycles. The lowest BCUT2D eigenvalue weighted by Gasteiger charge is -2.39. The topological polar surface area (TPSA) is 81.2 Å². The first kappa shape index (κ1) is 27.0. The van der Waals surface area contributed by atoms with Crippen LogP contribution in [-0.2, 0) is 14.4 Å². The molecule has 1 aromatic rings. The number of hydrogen-bond acceptors (Lipinski definition) is 5. The summed E-state index contributed by atoms with van der Waals surface area (Å²) >= 11 is 1.60. The molecule has 3 amide bonds. The van der Waals surface area contributed by atoms with Crippen molar-refractivity contribution in [1.82, 2.24) is 9.80 Å². The fraction of sp³-hybridized carbons (Fsp3) is 0.567. The number of benzene rings is 1. The molecule has 0 radical (unpaired) electrons. The number of nitrogens with zero attached hydrogens (tertiary/aromatic N) is 3. The third-order valence-electron chi connectivity index (χ3n) is 8.38. The lowest BCUT2D eigenvalue weighted by molar-refractivity contribution is -0.146. The van der Waals surface area contributed by atoms with Crippen molar-refractivity contribution in [3.63, 3.8) is 0 Å². The first-order chi connectivity index (χ1) is 18.3. The minimum absolute atomic E-state index is 0.0678. The molecular weight excluding hydrogens is 498 g/mol. The van der Waals surface area contributed by atoms with Crippen molar-refractivity contribution in [2.24, 2.45) is 17.8 Å². The Morgan fingerprint density at radius 1 is 1.05 bits per heavy atom. The second kappa shape index (κ2) is 10.9. The molecule has 5 rings (SSSR count). The summed E-state index contributed by atoms with van der Waals surface area (Å²) in [5, 5.41) is 10.3. The van der Waals surface area contributed by atoms with Gasteiger partial charge in [-0.1, -0.05) is 69.7 Å². The summed E-state index contributed by atoms with van der Waals surface area (Å²) in [7, 11) is 0. The first-order valence-electron chi connectivity index (χ1n) is 13.9. The molecule has 204 valence electrons. The van der Waals surface area contributed by atoms with Gasteiger partial charge >= 0.3 is 0 Å². The third-order valence-corrected chi connectivity index (χ3v) is 10.1. The summed E-state index contributed by atoms with van der Waals surface area (Å²) in [5.41, 5.74) is 0.805. The number of para-hydroxylation sites is 1. The van der Waals surface area contributed by atoms with E-state index in [0.29, 0.717) is 26.1 Å². The molecule has 2 fully saturated rings. The summed E-state index contributed by atoms with van der Waals surface area (Å²) in [6.07, 6.45) is 10.6. The molecule has 6 atom stereocenters. The smallest absolute Gasteiger partial charge is 0.247 e. The lowest BCUT2D eigenvalue weighted by atomic mass is 9.78. The van der Waals surface area contributed by atoms with Crippen LogP contribution in [0.15, 0.2) is 54.6 Å². The number of rotatable bonds is 8. The van der Waals surface area contributed by atoms with Crippen LogP contribution < -0.4 is 4.90 Å². The number of carbonyl (C=O) groups excluding carboxylic acids is 3. The van der Waals surface area contributed by atoms with Gasteiger partial charge < -0.3 is 19.8 Å². The van der Waals surface area contributed by atoms with Gasteiger partial charge in [-0.05, 0) is 30.9 Å². The predicted molar refractivity (Wildman–Crippen MR) is 151 cm³/mol. The van der Waals surface area contributed by atoms with Crippen molar-refractivity contribution in [2.75, 3.05) is 31.1 Å². The van der Waals surface area contributed by atoms with Gasteiger partial charge in [0.2, 0.25) is 17.7 Å². The Labute approximate surface area is 229 Å². The van der Waals surface area contributed by atoms with E-state index in [-0.39, 0.29) is 35.5 Å². The number of anilines is 1. The summed E-state index contributed by atoms with van der Waals surface area (Å²) in [6, 6.07) is 8.36. The van der Waals surface area contributed by atoms with Crippen LogP contribution in [0.3, 0.4) is 0 Å². The Bertz CT molecular complexity index is 1120. The Hall–Kier alpha value is -2.58. The second-order valence-electron chi connectivity index (χ2n) is 11.3. The van der Waals surface area contributed by atoms with Gasteiger partial charge in [0, 0.05) is 30.6 Å². The van der Waals surface area contributed by atoms with E-state index in [0.717, 1.165) is 18.5 Å². The van der Waals surface area contributed by atoms with Gasteiger partial charge in [0.1, 0.15) is 6.04 Å². The van der Waals surface area contributed by atoms with E-state index >= 15 is 0 Å². The van der Waals surface area contributed by atoms with Gasteiger partial charge in [0.25, 0.3) is 0 Å². The highest BCUT2D eigenvalue weighted by atomic mass is 32.2. The minimum Gasteiger partial charge on any atom is -0.394 e. The number of aliphatic hydroxyl groups excluding tert-OH is 1. The van der Waals surface area contributed by atoms with Crippen LogP contribution >= 0.6 is 11.8 Å². The number of hydrogen-bond donors (Lipinski definition) is 1. The van der Waals surface area contributed by atoms with Gasteiger partial charge in [-0.2, -0.15) is 0 Å². The number of carbonyl (C=O) groups is 3. The largest absolute Gasteiger partial charge is 0.394 e. The van der Waals surface area contributed by atoms with E-state index < -0.39 is 28.7 Å². The molecule has 0 bridgehead atoms.